The van der Waals surface area contributed by atoms with Crippen molar-refractivity contribution in [3.05, 3.63) is 42.0 Å². The minimum absolute atomic E-state index is 0.174. The first-order valence-corrected chi connectivity index (χ1v) is 7.98. The van der Waals surface area contributed by atoms with Crippen molar-refractivity contribution < 1.29 is 14.3 Å². The van der Waals surface area contributed by atoms with Crippen molar-refractivity contribution in [2.24, 2.45) is 0 Å². The van der Waals surface area contributed by atoms with E-state index in [9.17, 15) is 9.59 Å². The van der Waals surface area contributed by atoms with Crippen molar-refractivity contribution in [3.63, 3.8) is 0 Å². The van der Waals surface area contributed by atoms with Crippen LogP contribution >= 0.6 is 11.3 Å². The maximum atomic E-state index is 12.0. The van der Waals surface area contributed by atoms with Crippen LogP contribution in [0.4, 0.5) is 11.4 Å². The average Bonchev–Trinajstić information content (AvgIpc) is 3.01. The van der Waals surface area contributed by atoms with Crippen molar-refractivity contribution in [3.8, 4) is 5.88 Å². The third kappa shape index (κ3) is 3.85. The lowest BCUT2D eigenvalue weighted by Gasteiger charge is -2.09. The summed E-state index contributed by atoms with van der Waals surface area (Å²) in [5.74, 6) is -0.120. The molecule has 0 spiro atoms. The molecule has 24 heavy (non-hydrogen) atoms. The molecule has 0 atom stereocenters. The molecular weight excluding hydrogens is 328 g/mol. The highest BCUT2D eigenvalue weighted by Gasteiger charge is 2.09. The highest BCUT2D eigenvalue weighted by molar-refractivity contribution is 7.16. The summed E-state index contributed by atoms with van der Waals surface area (Å²) in [4.78, 5) is 32.1. The summed E-state index contributed by atoms with van der Waals surface area (Å²) in [6.45, 7) is 1.25. The lowest BCUT2D eigenvalue weighted by Crippen LogP contribution is -2.20. The fourth-order valence-electron chi connectivity index (χ4n) is 2.09. The SMILES string of the molecule is CC(=O)Nc1cccc(NC(=O)COc2ncnc3sccc23)c1. The van der Waals surface area contributed by atoms with Crippen LogP contribution in [0.5, 0.6) is 5.88 Å². The summed E-state index contributed by atoms with van der Waals surface area (Å²) in [6, 6.07) is 8.72. The first kappa shape index (κ1) is 15.9. The van der Waals surface area contributed by atoms with Crippen LogP contribution in [-0.4, -0.2) is 28.4 Å². The van der Waals surface area contributed by atoms with E-state index in [0.717, 1.165) is 10.2 Å². The van der Waals surface area contributed by atoms with Crippen LogP contribution in [-0.2, 0) is 9.59 Å². The number of carbonyl (C=O) groups excluding carboxylic acids is 2. The lowest BCUT2D eigenvalue weighted by atomic mass is 10.2. The summed E-state index contributed by atoms with van der Waals surface area (Å²) < 4.78 is 5.48. The van der Waals surface area contributed by atoms with Gasteiger partial charge < -0.3 is 15.4 Å². The van der Waals surface area contributed by atoms with Crippen molar-refractivity contribution in [2.45, 2.75) is 6.92 Å². The average molecular weight is 342 g/mol. The standard InChI is InChI=1S/C16H14N4O3S/c1-10(21)19-11-3-2-4-12(7-11)20-14(22)8-23-15-13-5-6-24-16(13)18-9-17-15/h2-7,9H,8H2,1H3,(H,19,21)(H,20,22). The molecule has 0 saturated heterocycles. The van der Waals surface area contributed by atoms with Gasteiger partial charge in [0, 0.05) is 18.3 Å². The molecule has 7 nitrogen and oxygen atoms in total. The fourth-order valence-corrected chi connectivity index (χ4v) is 2.81. The highest BCUT2D eigenvalue weighted by atomic mass is 32.1. The fraction of sp³-hybridized carbons (Fsp3) is 0.125. The molecule has 8 heteroatoms. The number of rotatable bonds is 5. The number of nitrogens with one attached hydrogen (secondary N) is 2. The van der Waals surface area contributed by atoms with Crippen molar-refractivity contribution in [1.82, 2.24) is 9.97 Å². The van der Waals surface area contributed by atoms with E-state index in [1.807, 2.05) is 11.4 Å². The molecule has 0 aliphatic carbocycles. The molecule has 0 aliphatic heterocycles. The van der Waals surface area contributed by atoms with E-state index in [1.54, 1.807) is 24.3 Å². The number of amides is 2. The molecule has 2 heterocycles. The van der Waals surface area contributed by atoms with Crippen molar-refractivity contribution in [2.75, 3.05) is 17.2 Å². The lowest BCUT2D eigenvalue weighted by molar-refractivity contribution is -0.118. The smallest absolute Gasteiger partial charge is 0.262 e. The quantitative estimate of drug-likeness (QED) is 0.743. The molecule has 0 aliphatic rings. The predicted octanol–water partition coefficient (Wildman–Crippen LogP) is 2.67. The Morgan fingerprint density at radius 2 is 1.96 bits per heavy atom. The Labute approximate surface area is 141 Å². The molecule has 0 fully saturated rings. The van der Waals surface area contributed by atoms with Crippen LogP contribution in [0.3, 0.4) is 0 Å². The largest absolute Gasteiger partial charge is 0.467 e. The molecule has 2 N–H and O–H groups in total. The first-order valence-electron chi connectivity index (χ1n) is 7.10. The maximum absolute atomic E-state index is 12.0. The van der Waals surface area contributed by atoms with Crippen LogP contribution < -0.4 is 15.4 Å². The minimum Gasteiger partial charge on any atom is -0.467 e. The van der Waals surface area contributed by atoms with Crippen LogP contribution in [0.15, 0.2) is 42.0 Å². The molecule has 2 aromatic heterocycles. The second-order valence-electron chi connectivity index (χ2n) is 4.92. The number of hydrogen-bond donors (Lipinski definition) is 2. The molecule has 2 amide bonds. The summed E-state index contributed by atoms with van der Waals surface area (Å²) in [5, 5.41) is 8.04. The van der Waals surface area contributed by atoms with Gasteiger partial charge in [-0.2, -0.15) is 0 Å². The number of anilines is 2. The third-order valence-corrected chi connectivity index (χ3v) is 3.85. The third-order valence-electron chi connectivity index (χ3n) is 3.03. The molecule has 3 aromatic rings. The molecule has 122 valence electrons. The summed E-state index contributed by atoms with van der Waals surface area (Å²) in [5.41, 5.74) is 1.18. The van der Waals surface area contributed by atoms with Gasteiger partial charge >= 0.3 is 0 Å². The van der Waals surface area contributed by atoms with E-state index in [4.69, 9.17) is 4.74 Å². The van der Waals surface area contributed by atoms with Gasteiger partial charge in [-0.05, 0) is 29.6 Å². The monoisotopic (exact) mass is 342 g/mol. The van der Waals surface area contributed by atoms with E-state index in [2.05, 4.69) is 20.6 Å². The predicted molar refractivity (Wildman–Crippen MR) is 92.3 cm³/mol. The van der Waals surface area contributed by atoms with E-state index in [-0.39, 0.29) is 18.4 Å². The maximum Gasteiger partial charge on any atom is 0.262 e. The Hall–Kier alpha value is -3.00. The zero-order valence-electron chi connectivity index (χ0n) is 12.8. The van der Waals surface area contributed by atoms with E-state index in [1.165, 1.54) is 24.6 Å². The van der Waals surface area contributed by atoms with E-state index < -0.39 is 0 Å². The topological polar surface area (TPSA) is 93.2 Å². The number of fused-ring (bicyclic) bond motifs is 1. The van der Waals surface area contributed by atoms with Gasteiger partial charge in [0.05, 0.1) is 5.39 Å². The number of nitrogens with zero attached hydrogens (tertiary/aromatic N) is 2. The van der Waals surface area contributed by atoms with Gasteiger partial charge in [-0.25, -0.2) is 9.97 Å². The van der Waals surface area contributed by atoms with Gasteiger partial charge in [-0.15, -0.1) is 11.3 Å². The zero-order chi connectivity index (χ0) is 16.9. The van der Waals surface area contributed by atoms with Gasteiger partial charge in [0.25, 0.3) is 5.91 Å². The molecule has 3 rings (SSSR count). The zero-order valence-corrected chi connectivity index (χ0v) is 13.6. The number of thiophene rings is 1. The second kappa shape index (κ2) is 7.05. The van der Waals surface area contributed by atoms with Crippen LogP contribution in [0, 0.1) is 0 Å². The number of ether oxygens (including phenoxy) is 1. The Kier molecular flexibility index (Phi) is 4.66. The van der Waals surface area contributed by atoms with Gasteiger partial charge in [0.15, 0.2) is 6.61 Å². The molecular formula is C16H14N4O3S. The molecule has 0 unspecified atom stereocenters. The van der Waals surface area contributed by atoms with Crippen LogP contribution in [0.25, 0.3) is 10.2 Å². The van der Waals surface area contributed by atoms with Gasteiger partial charge in [0.2, 0.25) is 11.8 Å². The number of aromatic nitrogens is 2. The van der Waals surface area contributed by atoms with Crippen LogP contribution in [0.2, 0.25) is 0 Å². The van der Waals surface area contributed by atoms with Crippen molar-refractivity contribution in [1.29, 1.82) is 0 Å². The number of carbonyl (C=O) groups is 2. The Morgan fingerprint density at radius 1 is 1.17 bits per heavy atom. The Balaban J connectivity index is 1.62. The first-order chi connectivity index (χ1) is 11.6. The van der Waals surface area contributed by atoms with Gasteiger partial charge in [-0.1, -0.05) is 6.07 Å². The van der Waals surface area contributed by atoms with Crippen LogP contribution in [0.1, 0.15) is 6.92 Å². The van der Waals surface area contributed by atoms with Gasteiger partial charge in [0.1, 0.15) is 11.2 Å². The van der Waals surface area contributed by atoms with Gasteiger partial charge in [-0.3, -0.25) is 9.59 Å². The number of hydrogen-bond acceptors (Lipinski definition) is 6. The second-order valence-corrected chi connectivity index (χ2v) is 5.81. The normalized spacial score (nSPS) is 10.4. The summed E-state index contributed by atoms with van der Waals surface area (Å²) >= 11 is 1.48. The Bertz CT molecular complexity index is 894. The van der Waals surface area contributed by atoms with Crippen molar-refractivity contribution >= 4 is 44.7 Å². The Morgan fingerprint density at radius 3 is 2.75 bits per heavy atom. The highest BCUT2D eigenvalue weighted by Crippen LogP contribution is 2.25. The summed E-state index contributed by atoms with van der Waals surface area (Å²) in [7, 11) is 0. The molecule has 0 saturated carbocycles. The van der Waals surface area contributed by atoms with E-state index in [0.29, 0.717) is 17.3 Å². The number of benzene rings is 1. The molecule has 0 bridgehead atoms. The van der Waals surface area contributed by atoms with E-state index >= 15 is 0 Å². The molecule has 1 aromatic carbocycles. The summed E-state index contributed by atoms with van der Waals surface area (Å²) in [6.07, 6.45) is 1.41. The molecule has 0 radical (unpaired) electrons. The minimum atomic E-state index is -0.322.